The van der Waals surface area contributed by atoms with Crippen LogP contribution in [0.1, 0.15) is 33.6 Å². The van der Waals surface area contributed by atoms with Gasteiger partial charge in [-0.25, -0.2) is 0 Å². The SMILES string of the molecule is CCC(C)(CN)C(=O)NC(C)CC#N. The fourth-order valence-electron chi connectivity index (χ4n) is 0.984. The number of carbonyl (C=O) groups is 1. The van der Waals surface area contributed by atoms with Crippen molar-refractivity contribution in [1.29, 1.82) is 5.26 Å². The molecule has 0 fully saturated rings. The largest absolute Gasteiger partial charge is 0.352 e. The summed E-state index contributed by atoms with van der Waals surface area (Å²) >= 11 is 0. The van der Waals surface area contributed by atoms with Crippen LogP contribution in [0.25, 0.3) is 0 Å². The minimum Gasteiger partial charge on any atom is -0.352 e. The Balaban J connectivity index is 4.26. The van der Waals surface area contributed by atoms with E-state index in [0.717, 1.165) is 0 Å². The molecule has 0 heterocycles. The highest BCUT2D eigenvalue weighted by Gasteiger charge is 2.30. The van der Waals surface area contributed by atoms with Gasteiger partial charge >= 0.3 is 0 Å². The first-order valence-corrected chi connectivity index (χ1v) is 4.88. The first-order chi connectivity index (χ1) is 6.50. The third kappa shape index (κ3) is 3.35. The highest BCUT2D eigenvalue weighted by atomic mass is 16.2. The smallest absolute Gasteiger partial charge is 0.227 e. The van der Waals surface area contributed by atoms with Crippen molar-refractivity contribution in [2.45, 2.75) is 39.7 Å². The van der Waals surface area contributed by atoms with E-state index < -0.39 is 5.41 Å². The number of rotatable bonds is 5. The lowest BCUT2D eigenvalue weighted by molar-refractivity contribution is -0.130. The molecule has 3 N–H and O–H groups in total. The average Bonchev–Trinajstić information content (AvgIpc) is 2.16. The molecule has 14 heavy (non-hydrogen) atoms. The lowest BCUT2D eigenvalue weighted by atomic mass is 9.86. The molecule has 2 atom stereocenters. The maximum absolute atomic E-state index is 11.7. The number of amides is 1. The Labute approximate surface area is 85.5 Å². The zero-order chi connectivity index (χ0) is 11.2. The highest BCUT2D eigenvalue weighted by molar-refractivity contribution is 5.82. The first-order valence-electron chi connectivity index (χ1n) is 4.88. The molecule has 80 valence electrons. The number of nitrogens with zero attached hydrogens (tertiary/aromatic N) is 1. The van der Waals surface area contributed by atoms with Crippen molar-refractivity contribution >= 4 is 5.91 Å². The predicted molar refractivity (Wildman–Crippen MR) is 55.3 cm³/mol. The van der Waals surface area contributed by atoms with E-state index in [0.29, 0.717) is 19.4 Å². The standard InChI is InChI=1S/C10H19N3O/c1-4-10(3,7-12)9(14)13-8(2)5-6-11/h8H,4-5,7,12H2,1-3H3,(H,13,14). The summed E-state index contributed by atoms with van der Waals surface area (Å²) in [4.78, 5) is 11.7. The van der Waals surface area contributed by atoms with Gasteiger partial charge in [0.15, 0.2) is 0 Å². The van der Waals surface area contributed by atoms with Gasteiger partial charge in [-0.15, -0.1) is 0 Å². The predicted octanol–water partition coefficient (Wildman–Crippen LogP) is 0.780. The molecule has 4 nitrogen and oxygen atoms in total. The third-order valence-electron chi connectivity index (χ3n) is 2.55. The number of carbonyl (C=O) groups excluding carboxylic acids is 1. The van der Waals surface area contributed by atoms with Crippen LogP contribution in [-0.2, 0) is 4.79 Å². The maximum Gasteiger partial charge on any atom is 0.227 e. The lowest BCUT2D eigenvalue weighted by Crippen LogP contribution is -2.46. The van der Waals surface area contributed by atoms with E-state index in [4.69, 9.17) is 11.0 Å². The van der Waals surface area contributed by atoms with Gasteiger partial charge in [0.25, 0.3) is 0 Å². The summed E-state index contributed by atoms with van der Waals surface area (Å²) in [6.45, 7) is 5.91. The summed E-state index contributed by atoms with van der Waals surface area (Å²) in [5.74, 6) is -0.0646. The molecular weight excluding hydrogens is 178 g/mol. The Bertz CT molecular complexity index is 228. The summed E-state index contributed by atoms with van der Waals surface area (Å²) in [5, 5.41) is 11.2. The average molecular weight is 197 g/mol. The molecule has 0 aromatic heterocycles. The zero-order valence-corrected chi connectivity index (χ0v) is 9.13. The van der Waals surface area contributed by atoms with E-state index in [1.165, 1.54) is 0 Å². The van der Waals surface area contributed by atoms with Crippen LogP contribution in [0.15, 0.2) is 0 Å². The quantitative estimate of drug-likeness (QED) is 0.683. The van der Waals surface area contributed by atoms with Crippen LogP contribution in [0, 0.1) is 16.7 Å². The van der Waals surface area contributed by atoms with E-state index in [-0.39, 0.29) is 11.9 Å². The topological polar surface area (TPSA) is 78.9 Å². The van der Waals surface area contributed by atoms with Gasteiger partial charge in [0.05, 0.1) is 17.9 Å². The summed E-state index contributed by atoms with van der Waals surface area (Å²) in [7, 11) is 0. The molecule has 0 aliphatic carbocycles. The van der Waals surface area contributed by atoms with Gasteiger partial charge in [0.1, 0.15) is 0 Å². The minimum atomic E-state index is -0.510. The monoisotopic (exact) mass is 197 g/mol. The van der Waals surface area contributed by atoms with E-state index in [1.807, 2.05) is 26.8 Å². The fraction of sp³-hybridized carbons (Fsp3) is 0.800. The van der Waals surface area contributed by atoms with E-state index in [2.05, 4.69) is 5.32 Å². The summed E-state index contributed by atoms with van der Waals surface area (Å²) < 4.78 is 0. The Kier molecular flexibility index (Phi) is 5.18. The van der Waals surface area contributed by atoms with Crippen molar-refractivity contribution in [3.8, 4) is 6.07 Å². The first kappa shape index (κ1) is 12.9. The third-order valence-corrected chi connectivity index (χ3v) is 2.55. The van der Waals surface area contributed by atoms with E-state index in [9.17, 15) is 4.79 Å². The molecule has 0 aromatic carbocycles. The molecule has 0 radical (unpaired) electrons. The van der Waals surface area contributed by atoms with Crippen LogP contribution in [0.2, 0.25) is 0 Å². The van der Waals surface area contributed by atoms with Crippen molar-refractivity contribution in [3.63, 3.8) is 0 Å². The number of nitriles is 1. The summed E-state index contributed by atoms with van der Waals surface area (Å²) in [6, 6.07) is 1.91. The number of nitrogens with one attached hydrogen (secondary N) is 1. The Hall–Kier alpha value is -1.08. The van der Waals surface area contributed by atoms with Crippen molar-refractivity contribution < 1.29 is 4.79 Å². The second kappa shape index (κ2) is 5.61. The highest BCUT2D eigenvalue weighted by Crippen LogP contribution is 2.19. The van der Waals surface area contributed by atoms with Crippen LogP contribution in [-0.4, -0.2) is 18.5 Å². The summed E-state index contributed by atoms with van der Waals surface area (Å²) in [6.07, 6.45) is 1.03. The van der Waals surface area contributed by atoms with Gasteiger partial charge in [0.2, 0.25) is 5.91 Å². The van der Waals surface area contributed by atoms with Crippen LogP contribution < -0.4 is 11.1 Å². The number of hydrogen-bond acceptors (Lipinski definition) is 3. The number of hydrogen-bond donors (Lipinski definition) is 2. The van der Waals surface area contributed by atoms with Crippen molar-refractivity contribution in [1.82, 2.24) is 5.32 Å². The number of nitrogens with two attached hydrogens (primary N) is 1. The molecule has 2 unspecified atom stereocenters. The Morgan fingerprint density at radius 3 is 2.64 bits per heavy atom. The second-order valence-electron chi connectivity index (χ2n) is 3.86. The van der Waals surface area contributed by atoms with Crippen LogP contribution in [0.3, 0.4) is 0 Å². The van der Waals surface area contributed by atoms with E-state index >= 15 is 0 Å². The molecule has 1 amide bonds. The van der Waals surface area contributed by atoms with Gasteiger partial charge in [-0.05, 0) is 20.3 Å². The van der Waals surface area contributed by atoms with Gasteiger partial charge < -0.3 is 11.1 Å². The molecule has 0 saturated carbocycles. The molecule has 0 bridgehead atoms. The molecule has 0 aliphatic rings. The van der Waals surface area contributed by atoms with E-state index in [1.54, 1.807) is 0 Å². The second-order valence-corrected chi connectivity index (χ2v) is 3.86. The summed E-state index contributed by atoms with van der Waals surface area (Å²) in [5.41, 5.74) is 5.03. The molecule has 0 saturated heterocycles. The molecule has 4 heteroatoms. The molecular formula is C10H19N3O. The Morgan fingerprint density at radius 2 is 2.29 bits per heavy atom. The molecule has 0 aromatic rings. The maximum atomic E-state index is 11.7. The van der Waals surface area contributed by atoms with Gasteiger partial charge in [0, 0.05) is 12.6 Å². The molecule has 0 rings (SSSR count). The normalized spacial score (nSPS) is 16.5. The van der Waals surface area contributed by atoms with Crippen molar-refractivity contribution in [2.24, 2.45) is 11.1 Å². The van der Waals surface area contributed by atoms with Crippen LogP contribution >= 0.6 is 0 Å². The molecule has 0 aliphatic heterocycles. The lowest BCUT2D eigenvalue weighted by Gasteiger charge is -2.26. The van der Waals surface area contributed by atoms with Gasteiger partial charge in [-0.2, -0.15) is 5.26 Å². The van der Waals surface area contributed by atoms with Gasteiger partial charge in [-0.1, -0.05) is 6.92 Å². The zero-order valence-electron chi connectivity index (χ0n) is 9.13. The van der Waals surface area contributed by atoms with Gasteiger partial charge in [-0.3, -0.25) is 4.79 Å². The fourth-order valence-corrected chi connectivity index (χ4v) is 0.984. The Morgan fingerprint density at radius 1 is 1.71 bits per heavy atom. The van der Waals surface area contributed by atoms with Crippen molar-refractivity contribution in [3.05, 3.63) is 0 Å². The van der Waals surface area contributed by atoms with Crippen LogP contribution in [0.4, 0.5) is 0 Å². The van der Waals surface area contributed by atoms with Crippen LogP contribution in [0.5, 0.6) is 0 Å². The minimum absolute atomic E-state index is 0.0646. The molecule has 0 spiro atoms. The van der Waals surface area contributed by atoms with Crippen molar-refractivity contribution in [2.75, 3.05) is 6.54 Å².